The lowest BCUT2D eigenvalue weighted by Crippen LogP contribution is -2.32. The minimum Gasteiger partial charge on any atom is -0.492 e. The Kier molecular flexibility index (Phi) is 7.06. The van der Waals surface area contributed by atoms with Crippen molar-refractivity contribution < 1.29 is 9.53 Å². The molecule has 1 heterocycles. The summed E-state index contributed by atoms with van der Waals surface area (Å²) in [5.41, 5.74) is 8.20. The van der Waals surface area contributed by atoms with Gasteiger partial charge in [-0.25, -0.2) is 0 Å². The van der Waals surface area contributed by atoms with Crippen LogP contribution >= 0.6 is 0 Å². The first-order valence-corrected chi connectivity index (χ1v) is 10.2. The number of hydrogen-bond donors (Lipinski definition) is 1. The number of carbonyl (C=O) groups is 1. The molecule has 3 rings (SSSR count). The van der Waals surface area contributed by atoms with E-state index in [0.717, 1.165) is 25.4 Å². The number of benzene rings is 2. The Bertz CT molecular complexity index is 744. The van der Waals surface area contributed by atoms with E-state index in [4.69, 9.17) is 10.5 Å². The number of likely N-dealkylation sites (tertiary alicyclic amines) is 1. The first kappa shape index (κ1) is 20.4. The average molecular weight is 382 g/mol. The number of likely N-dealkylation sites (N-methyl/N-ethyl adjacent to an activating group) is 1. The van der Waals surface area contributed by atoms with Crippen molar-refractivity contribution in [3.8, 4) is 5.75 Å². The molecule has 0 saturated carbocycles. The molecule has 2 aromatic carbocycles. The summed E-state index contributed by atoms with van der Waals surface area (Å²) in [7, 11) is 0. The van der Waals surface area contributed by atoms with Gasteiger partial charge in [-0.3, -0.25) is 4.79 Å². The van der Waals surface area contributed by atoms with E-state index in [0.29, 0.717) is 25.3 Å². The molecule has 0 radical (unpaired) electrons. The summed E-state index contributed by atoms with van der Waals surface area (Å²) in [5.74, 6) is 1.01. The van der Waals surface area contributed by atoms with Crippen LogP contribution < -0.4 is 10.5 Å². The maximum atomic E-state index is 12.9. The summed E-state index contributed by atoms with van der Waals surface area (Å²) in [5, 5.41) is 0. The van der Waals surface area contributed by atoms with Crippen LogP contribution in [-0.4, -0.2) is 61.1 Å². The van der Waals surface area contributed by atoms with Crippen molar-refractivity contribution in [3.63, 3.8) is 0 Å². The van der Waals surface area contributed by atoms with Crippen LogP contribution in [0.4, 0.5) is 0 Å². The molecule has 0 unspecified atom stereocenters. The molecule has 28 heavy (non-hydrogen) atoms. The van der Waals surface area contributed by atoms with Gasteiger partial charge in [0.2, 0.25) is 0 Å². The van der Waals surface area contributed by atoms with E-state index in [-0.39, 0.29) is 17.9 Å². The predicted octanol–water partition coefficient (Wildman–Crippen LogP) is 2.97. The van der Waals surface area contributed by atoms with Gasteiger partial charge in [0.1, 0.15) is 12.4 Å². The molecular weight excluding hydrogens is 350 g/mol. The van der Waals surface area contributed by atoms with Crippen molar-refractivity contribution in [2.24, 2.45) is 5.73 Å². The van der Waals surface area contributed by atoms with Gasteiger partial charge in [0, 0.05) is 37.2 Å². The number of hydrogen-bond acceptors (Lipinski definition) is 4. The van der Waals surface area contributed by atoms with E-state index in [1.54, 1.807) is 0 Å². The molecule has 0 spiro atoms. The van der Waals surface area contributed by atoms with Crippen LogP contribution in [0.2, 0.25) is 0 Å². The molecule has 150 valence electrons. The molecule has 5 heteroatoms. The molecule has 1 aliphatic heterocycles. The van der Waals surface area contributed by atoms with Crippen LogP contribution in [0.3, 0.4) is 0 Å². The highest BCUT2D eigenvalue weighted by molar-refractivity contribution is 5.94. The quantitative estimate of drug-likeness (QED) is 0.764. The Morgan fingerprint density at radius 3 is 2.39 bits per heavy atom. The number of ether oxygens (including phenoxy) is 1. The smallest absolute Gasteiger partial charge is 0.253 e. The number of carbonyl (C=O) groups excluding carboxylic acids is 1. The van der Waals surface area contributed by atoms with Gasteiger partial charge in [-0.05, 0) is 42.9 Å². The second-order valence-electron chi connectivity index (χ2n) is 7.29. The van der Waals surface area contributed by atoms with E-state index >= 15 is 0 Å². The first-order chi connectivity index (χ1) is 13.6. The summed E-state index contributed by atoms with van der Waals surface area (Å²) in [4.78, 5) is 17.1. The predicted molar refractivity (Wildman–Crippen MR) is 113 cm³/mol. The molecule has 1 fully saturated rings. The molecular formula is C23H31N3O2. The van der Waals surface area contributed by atoms with Crippen LogP contribution in [0.1, 0.15) is 35.7 Å². The Labute approximate surface area is 168 Å². The number of nitrogens with zero attached hydrogens (tertiary/aromatic N) is 2. The second kappa shape index (κ2) is 9.71. The fourth-order valence-electron chi connectivity index (χ4n) is 3.76. The van der Waals surface area contributed by atoms with Gasteiger partial charge in [-0.2, -0.15) is 0 Å². The third kappa shape index (κ3) is 4.91. The Morgan fingerprint density at radius 1 is 1.07 bits per heavy atom. The fraction of sp³-hybridized carbons (Fsp3) is 0.435. The Balaban J connectivity index is 1.56. The Morgan fingerprint density at radius 2 is 1.75 bits per heavy atom. The molecule has 2 N–H and O–H groups in total. The normalized spacial score (nSPS) is 19.2. The zero-order valence-corrected chi connectivity index (χ0v) is 16.9. The van der Waals surface area contributed by atoms with Crippen molar-refractivity contribution in [2.75, 3.05) is 39.3 Å². The SMILES string of the molecule is CCN(CC)CCOc1ccc(C(=O)N2C[C@@H](N)[C@H](c3ccccc3)C2)cc1. The van der Waals surface area contributed by atoms with Crippen LogP contribution in [0.25, 0.3) is 0 Å². The van der Waals surface area contributed by atoms with Crippen molar-refractivity contribution in [2.45, 2.75) is 25.8 Å². The van der Waals surface area contributed by atoms with Gasteiger partial charge in [0.15, 0.2) is 0 Å². The average Bonchev–Trinajstić information content (AvgIpc) is 3.13. The van der Waals surface area contributed by atoms with Gasteiger partial charge in [0.25, 0.3) is 5.91 Å². The minimum atomic E-state index is -0.0333. The van der Waals surface area contributed by atoms with Gasteiger partial charge >= 0.3 is 0 Å². The molecule has 1 aliphatic rings. The molecule has 1 amide bonds. The number of amides is 1. The highest BCUT2D eigenvalue weighted by atomic mass is 16.5. The van der Waals surface area contributed by atoms with Crippen LogP contribution in [-0.2, 0) is 0 Å². The fourth-order valence-corrected chi connectivity index (χ4v) is 3.76. The van der Waals surface area contributed by atoms with Crippen molar-refractivity contribution in [1.29, 1.82) is 0 Å². The zero-order chi connectivity index (χ0) is 19.9. The van der Waals surface area contributed by atoms with Crippen LogP contribution in [0, 0.1) is 0 Å². The van der Waals surface area contributed by atoms with Crippen molar-refractivity contribution in [3.05, 3.63) is 65.7 Å². The second-order valence-corrected chi connectivity index (χ2v) is 7.29. The molecule has 0 bridgehead atoms. The van der Waals surface area contributed by atoms with Gasteiger partial charge in [0.05, 0.1) is 0 Å². The zero-order valence-electron chi connectivity index (χ0n) is 16.9. The summed E-state index contributed by atoms with van der Waals surface area (Å²) in [6, 6.07) is 17.6. The maximum absolute atomic E-state index is 12.9. The molecule has 0 aromatic heterocycles. The van der Waals surface area contributed by atoms with E-state index < -0.39 is 0 Å². The standard InChI is InChI=1S/C23H31N3O2/c1-3-25(4-2)14-15-28-20-12-10-19(11-13-20)23(27)26-16-21(22(24)17-26)18-8-6-5-7-9-18/h5-13,21-22H,3-4,14-17,24H2,1-2H3/t21-,22+/m0/s1. The van der Waals surface area contributed by atoms with E-state index in [9.17, 15) is 4.79 Å². The van der Waals surface area contributed by atoms with Gasteiger partial charge in [-0.15, -0.1) is 0 Å². The summed E-state index contributed by atoms with van der Waals surface area (Å²) < 4.78 is 5.81. The number of nitrogens with two attached hydrogens (primary N) is 1. The largest absolute Gasteiger partial charge is 0.492 e. The van der Waals surface area contributed by atoms with E-state index in [1.165, 1.54) is 5.56 Å². The Hall–Kier alpha value is -2.37. The molecule has 1 saturated heterocycles. The molecule has 5 nitrogen and oxygen atoms in total. The monoisotopic (exact) mass is 381 g/mol. The lowest BCUT2D eigenvalue weighted by molar-refractivity contribution is 0.0789. The van der Waals surface area contributed by atoms with Crippen LogP contribution in [0.5, 0.6) is 5.75 Å². The summed E-state index contributed by atoms with van der Waals surface area (Å²) in [6.07, 6.45) is 0. The molecule has 2 aromatic rings. The first-order valence-electron chi connectivity index (χ1n) is 10.2. The maximum Gasteiger partial charge on any atom is 0.253 e. The van der Waals surface area contributed by atoms with Crippen molar-refractivity contribution >= 4 is 5.91 Å². The number of rotatable bonds is 8. The topological polar surface area (TPSA) is 58.8 Å². The summed E-state index contributed by atoms with van der Waals surface area (Å²) >= 11 is 0. The van der Waals surface area contributed by atoms with Crippen LogP contribution in [0.15, 0.2) is 54.6 Å². The third-order valence-corrected chi connectivity index (χ3v) is 5.55. The van der Waals surface area contributed by atoms with E-state index in [2.05, 4.69) is 30.9 Å². The van der Waals surface area contributed by atoms with E-state index in [1.807, 2.05) is 47.4 Å². The third-order valence-electron chi connectivity index (χ3n) is 5.55. The highest BCUT2D eigenvalue weighted by Crippen LogP contribution is 2.27. The van der Waals surface area contributed by atoms with Gasteiger partial charge < -0.3 is 20.3 Å². The highest BCUT2D eigenvalue weighted by Gasteiger charge is 2.34. The van der Waals surface area contributed by atoms with Crippen molar-refractivity contribution in [1.82, 2.24) is 9.80 Å². The summed E-state index contributed by atoms with van der Waals surface area (Å²) in [6.45, 7) is 9.14. The molecule has 0 aliphatic carbocycles. The van der Waals surface area contributed by atoms with Gasteiger partial charge in [-0.1, -0.05) is 44.2 Å². The minimum absolute atomic E-state index is 0.0311. The lowest BCUT2D eigenvalue weighted by Gasteiger charge is -2.18. The lowest BCUT2D eigenvalue weighted by atomic mass is 9.95. The molecule has 2 atom stereocenters.